The van der Waals surface area contributed by atoms with Gasteiger partial charge in [0.15, 0.2) is 0 Å². The van der Waals surface area contributed by atoms with Crippen molar-refractivity contribution in [2.24, 2.45) is 0 Å². The molecule has 0 spiro atoms. The summed E-state index contributed by atoms with van der Waals surface area (Å²) in [4.78, 5) is 11.8. The SMILES string of the molecule is CCCCCC(OCC)(C(=O)O)C(C)Oc1ccccc1. The normalized spacial score (nSPS) is 15.2. The molecule has 0 aliphatic carbocycles. The minimum Gasteiger partial charge on any atom is -0.487 e. The van der Waals surface area contributed by atoms with Crippen molar-refractivity contribution in [2.45, 2.75) is 58.2 Å². The van der Waals surface area contributed by atoms with E-state index in [0.29, 0.717) is 18.8 Å². The number of para-hydroxylation sites is 1. The summed E-state index contributed by atoms with van der Waals surface area (Å²) in [6.45, 7) is 6.02. The Hall–Kier alpha value is -1.55. The zero-order valence-corrected chi connectivity index (χ0v) is 13.2. The number of hydrogen-bond donors (Lipinski definition) is 1. The molecule has 1 rings (SSSR count). The number of benzene rings is 1. The summed E-state index contributed by atoms with van der Waals surface area (Å²) in [6.07, 6.45) is 2.73. The maximum Gasteiger partial charge on any atom is 0.339 e. The van der Waals surface area contributed by atoms with Gasteiger partial charge in [-0.2, -0.15) is 0 Å². The first-order chi connectivity index (χ1) is 10.1. The standard InChI is InChI=1S/C17H26O4/c1-4-6-10-13-17(16(18)19,20-5-2)14(3)21-15-11-8-7-9-12-15/h7-9,11-12,14H,4-6,10,13H2,1-3H3,(H,18,19). The number of aliphatic carboxylic acids is 1. The molecular weight excluding hydrogens is 268 g/mol. The molecule has 0 fully saturated rings. The first-order valence-corrected chi connectivity index (χ1v) is 7.65. The van der Waals surface area contributed by atoms with E-state index >= 15 is 0 Å². The summed E-state index contributed by atoms with van der Waals surface area (Å²) in [5.41, 5.74) is -1.29. The molecular formula is C17H26O4. The van der Waals surface area contributed by atoms with E-state index in [1.54, 1.807) is 6.92 Å². The average molecular weight is 294 g/mol. The third-order valence-electron chi connectivity index (χ3n) is 3.63. The summed E-state index contributed by atoms with van der Waals surface area (Å²) >= 11 is 0. The summed E-state index contributed by atoms with van der Waals surface area (Å²) in [6, 6.07) is 9.26. The van der Waals surface area contributed by atoms with E-state index in [2.05, 4.69) is 6.92 Å². The second-order valence-corrected chi connectivity index (χ2v) is 5.16. The van der Waals surface area contributed by atoms with Crippen LogP contribution in [0.5, 0.6) is 5.75 Å². The molecule has 1 aromatic carbocycles. The predicted octanol–water partition coefficient (Wildman–Crippen LogP) is 3.89. The minimum absolute atomic E-state index is 0.348. The zero-order valence-electron chi connectivity index (χ0n) is 13.2. The Kier molecular flexibility index (Phi) is 7.23. The molecule has 0 radical (unpaired) electrons. The molecule has 2 unspecified atom stereocenters. The van der Waals surface area contributed by atoms with Gasteiger partial charge in [0.1, 0.15) is 11.9 Å². The maximum atomic E-state index is 11.8. The Morgan fingerprint density at radius 2 is 1.90 bits per heavy atom. The van der Waals surface area contributed by atoms with Crippen molar-refractivity contribution in [2.75, 3.05) is 6.61 Å². The van der Waals surface area contributed by atoms with Crippen LogP contribution in [0.1, 0.15) is 46.5 Å². The highest BCUT2D eigenvalue weighted by Gasteiger charge is 2.46. The van der Waals surface area contributed by atoms with E-state index in [1.165, 1.54) is 0 Å². The van der Waals surface area contributed by atoms with Crippen LogP contribution in [0.15, 0.2) is 30.3 Å². The van der Waals surface area contributed by atoms with Crippen LogP contribution in [0.3, 0.4) is 0 Å². The highest BCUT2D eigenvalue weighted by Crippen LogP contribution is 2.28. The number of ether oxygens (including phenoxy) is 2. The molecule has 4 heteroatoms. The largest absolute Gasteiger partial charge is 0.487 e. The number of carboxylic acid groups (broad SMARTS) is 1. The fraction of sp³-hybridized carbons (Fsp3) is 0.588. The molecule has 1 aromatic rings. The van der Waals surface area contributed by atoms with Gasteiger partial charge in [0.05, 0.1) is 0 Å². The molecule has 0 amide bonds. The van der Waals surface area contributed by atoms with Crippen LogP contribution in [-0.2, 0) is 9.53 Å². The molecule has 0 aliphatic heterocycles. The third-order valence-corrected chi connectivity index (χ3v) is 3.63. The predicted molar refractivity (Wildman–Crippen MR) is 82.7 cm³/mol. The molecule has 0 bridgehead atoms. The van der Waals surface area contributed by atoms with Crippen LogP contribution >= 0.6 is 0 Å². The van der Waals surface area contributed by atoms with E-state index < -0.39 is 17.7 Å². The Balaban J connectivity index is 2.89. The summed E-state index contributed by atoms with van der Waals surface area (Å²) < 4.78 is 11.5. The van der Waals surface area contributed by atoms with E-state index in [1.807, 2.05) is 37.3 Å². The monoisotopic (exact) mass is 294 g/mol. The van der Waals surface area contributed by atoms with Gasteiger partial charge in [-0.05, 0) is 38.8 Å². The third kappa shape index (κ3) is 4.74. The van der Waals surface area contributed by atoms with Gasteiger partial charge in [-0.15, -0.1) is 0 Å². The fourth-order valence-corrected chi connectivity index (χ4v) is 2.43. The first-order valence-electron chi connectivity index (χ1n) is 7.65. The van der Waals surface area contributed by atoms with Gasteiger partial charge in [0.25, 0.3) is 0 Å². The van der Waals surface area contributed by atoms with Crippen molar-refractivity contribution in [3.8, 4) is 5.75 Å². The number of carbonyl (C=O) groups is 1. The summed E-state index contributed by atoms with van der Waals surface area (Å²) in [7, 11) is 0. The molecule has 21 heavy (non-hydrogen) atoms. The van der Waals surface area contributed by atoms with Crippen molar-refractivity contribution in [3.63, 3.8) is 0 Å². The minimum atomic E-state index is -1.29. The van der Waals surface area contributed by atoms with Crippen molar-refractivity contribution < 1.29 is 19.4 Å². The molecule has 0 saturated heterocycles. The van der Waals surface area contributed by atoms with Gasteiger partial charge in [-0.3, -0.25) is 0 Å². The quantitative estimate of drug-likeness (QED) is 0.665. The number of rotatable bonds is 10. The van der Waals surface area contributed by atoms with Gasteiger partial charge in [-0.25, -0.2) is 4.79 Å². The van der Waals surface area contributed by atoms with E-state index in [0.717, 1.165) is 19.3 Å². The molecule has 0 aliphatic rings. The first kappa shape index (κ1) is 17.5. The van der Waals surface area contributed by atoms with E-state index in [-0.39, 0.29) is 0 Å². The molecule has 1 N–H and O–H groups in total. The van der Waals surface area contributed by atoms with Crippen LogP contribution in [-0.4, -0.2) is 29.4 Å². The molecule has 4 nitrogen and oxygen atoms in total. The lowest BCUT2D eigenvalue weighted by molar-refractivity contribution is -0.180. The lowest BCUT2D eigenvalue weighted by Crippen LogP contribution is -2.53. The van der Waals surface area contributed by atoms with E-state index in [9.17, 15) is 9.90 Å². The Bertz CT molecular complexity index is 418. The van der Waals surface area contributed by atoms with Gasteiger partial charge in [0.2, 0.25) is 5.60 Å². The average Bonchev–Trinajstić information content (AvgIpc) is 2.47. The van der Waals surface area contributed by atoms with Crippen LogP contribution < -0.4 is 4.74 Å². The Morgan fingerprint density at radius 3 is 2.43 bits per heavy atom. The van der Waals surface area contributed by atoms with Crippen molar-refractivity contribution in [3.05, 3.63) is 30.3 Å². The molecule has 2 atom stereocenters. The molecule has 0 aromatic heterocycles. The number of carboxylic acids is 1. The Labute approximate surface area is 127 Å². The van der Waals surface area contributed by atoms with Crippen LogP contribution in [0, 0.1) is 0 Å². The maximum absolute atomic E-state index is 11.8. The van der Waals surface area contributed by atoms with Gasteiger partial charge in [0, 0.05) is 6.61 Å². The fourth-order valence-electron chi connectivity index (χ4n) is 2.43. The summed E-state index contributed by atoms with van der Waals surface area (Å²) in [5, 5.41) is 9.70. The van der Waals surface area contributed by atoms with Crippen molar-refractivity contribution in [1.29, 1.82) is 0 Å². The Morgan fingerprint density at radius 1 is 1.24 bits per heavy atom. The number of unbranched alkanes of at least 4 members (excludes halogenated alkanes) is 2. The van der Waals surface area contributed by atoms with Crippen LogP contribution in [0.2, 0.25) is 0 Å². The van der Waals surface area contributed by atoms with Crippen LogP contribution in [0.25, 0.3) is 0 Å². The lowest BCUT2D eigenvalue weighted by Gasteiger charge is -2.35. The topological polar surface area (TPSA) is 55.8 Å². The molecule has 0 heterocycles. The van der Waals surface area contributed by atoms with Crippen LogP contribution in [0.4, 0.5) is 0 Å². The van der Waals surface area contributed by atoms with Gasteiger partial charge >= 0.3 is 5.97 Å². The molecule has 0 saturated carbocycles. The van der Waals surface area contributed by atoms with Gasteiger partial charge in [-0.1, -0.05) is 38.0 Å². The van der Waals surface area contributed by atoms with E-state index in [4.69, 9.17) is 9.47 Å². The highest BCUT2D eigenvalue weighted by molar-refractivity contribution is 5.78. The van der Waals surface area contributed by atoms with Crippen molar-refractivity contribution in [1.82, 2.24) is 0 Å². The second kappa shape index (κ2) is 8.67. The zero-order chi connectivity index (χ0) is 15.7. The lowest BCUT2D eigenvalue weighted by atomic mass is 9.90. The summed E-state index contributed by atoms with van der Waals surface area (Å²) in [5.74, 6) is -0.297. The van der Waals surface area contributed by atoms with Crippen molar-refractivity contribution >= 4 is 5.97 Å². The second-order valence-electron chi connectivity index (χ2n) is 5.16. The van der Waals surface area contributed by atoms with Gasteiger partial charge < -0.3 is 14.6 Å². The highest BCUT2D eigenvalue weighted by atomic mass is 16.6. The number of hydrogen-bond acceptors (Lipinski definition) is 3. The smallest absolute Gasteiger partial charge is 0.339 e. The molecule has 118 valence electrons.